The topological polar surface area (TPSA) is 403 Å². The molecule has 0 spiro atoms. The molecule has 8 atom stereocenters. The lowest BCUT2D eigenvalue weighted by molar-refractivity contribution is -0.271. The predicted octanol–water partition coefficient (Wildman–Crippen LogP) is 8.70. The molecular formula is C76H86N8O20S2. The molecule has 4 aliphatic carbocycles. The number of imide groups is 1. The van der Waals surface area contributed by atoms with Gasteiger partial charge in [-0.15, -0.1) is 0 Å². The first kappa shape index (κ1) is 76.3. The van der Waals surface area contributed by atoms with E-state index in [2.05, 4.69) is 29.5 Å². The molecule has 5 heterocycles. The fourth-order valence-electron chi connectivity index (χ4n) is 17.2. The summed E-state index contributed by atoms with van der Waals surface area (Å²) in [5.41, 5.74) is 4.08. The van der Waals surface area contributed by atoms with Crippen LogP contribution < -0.4 is 15.4 Å². The van der Waals surface area contributed by atoms with Gasteiger partial charge in [0.25, 0.3) is 27.8 Å². The zero-order valence-electron chi connectivity index (χ0n) is 59.1. The van der Waals surface area contributed by atoms with E-state index in [1.165, 1.54) is 40.5 Å². The number of aromatic carboxylic acids is 1. The number of aliphatic carboxylic acids is 1. The number of aliphatic hydroxyl groups is 3. The predicted molar refractivity (Wildman–Crippen MR) is 387 cm³/mol. The third-order valence-corrected chi connectivity index (χ3v) is 22.7. The molecule has 3 aromatic heterocycles. The molecule has 5 amide bonds. The van der Waals surface area contributed by atoms with Crippen LogP contribution in [0.5, 0.6) is 5.75 Å². The average Bonchev–Trinajstić information content (AvgIpc) is 0.733. The Morgan fingerprint density at radius 3 is 2.28 bits per heavy atom. The molecule has 7 aromatic rings. The van der Waals surface area contributed by atoms with Crippen LogP contribution in [0.1, 0.15) is 135 Å². The van der Waals surface area contributed by atoms with Crippen LogP contribution in [0.15, 0.2) is 109 Å². The number of hydrogen-bond acceptors (Lipinski definition) is 21. The van der Waals surface area contributed by atoms with Crippen molar-refractivity contribution in [3.63, 3.8) is 0 Å². The molecule has 13 rings (SSSR count). The number of benzene rings is 4. The number of nitrogens with zero attached hydrogens (tertiary/aromatic N) is 6. The first-order valence-electron chi connectivity index (χ1n) is 35.4. The molecule has 2 aliphatic heterocycles. The number of aliphatic hydroxyl groups excluding tert-OH is 3. The summed E-state index contributed by atoms with van der Waals surface area (Å²) in [6, 6.07) is 26.8. The zero-order valence-corrected chi connectivity index (χ0v) is 60.7. The Bertz CT molecular complexity index is 4660. The largest absolute Gasteiger partial charge is 0.479 e. The number of para-hydroxylation sites is 1. The maximum atomic E-state index is 13.9. The quantitative estimate of drug-likeness (QED) is 0.0111. The number of likely N-dealkylation sites (N-methyl/N-ethyl adjacent to an activating group) is 1. The number of pyridine rings is 1. The number of fused-ring (bicyclic) bond motifs is 2. The summed E-state index contributed by atoms with van der Waals surface area (Å²) in [5, 5.41) is 64.4. The number of thiazole rings is 1. The summed E-state index contributed by atoms with van der Waals surface area (Å²) in [5.74, 6) is -7.55. The number of amides is 5. The van der Waals surface area contributed by atoms with E-state index in [0.717, 1.165) is 64.7 Å². The average molecular weight is 1500 g/mol. The van der Waals surface area contributed by atoms with E-state index >= 15 is 0 Å². The van der Waals surface area contributed by atoms with Crippen LogP contribution in [0.3, 0.4) is 0 Å². The van der Waals surface area contributed by atoms with Crippen molar-refractivity contribution < 1.29 is 95.8 Å². The second kappa shape index (κ2) is 31.2. The van der Waals surface area contributed by atoms with Gasteiger partial charge in [0, 0.05) is 86.2 Å². The Labute approximate surface area is 614 Å². The van der Waals surface area contributed by atoms with Crippen LogP contribution in [0.2, 0.25) is 0 Å². The number of rotatable bonds is 32. The number of carbonyl (C=O) groups excluding carboxylic acids is 6. The fourth-order valence-corrected chi connectivity index (χ4v) is 18.8. The summed E-state index contributed by atoms with van der Waals surface area (Å²) < 4.78 is 60.7. The summed E-state index contributed by atoms with van der Waals surface area (Å²) >= 11 is 1.38. The normalized spacial score (nSPS) is 24.2. The Morgan fingerprint density at radius 2 is 1.56 bits per heavy atom. The van der Waals surface area contributed by atoms with Crippen LogP contribution in [0, 0.1) is 29.1 Å². The van der Waals surface area contributed by atoms with E-state index in [9.17, 15) is 76.9 Å². The maximum Gasteiger partial charge on any atom is 0.409 e. The van der Waals surface area contributed by atoms with Crippen LogP contribution in [0.4, 0.5) is 9.93 Å². The number of anilines is 1. The molecule has 0 radical (unpaired) electrons. The van der Waals surface area contributed by atoms with Gasteiger partial charge in [-0.3, -0.25) is 43.4 Å². The lowest BCUT2D eigenvalue weighted by Gasteiger charge is -2.69. The number of Topliss-reactive ketones (excluding diaryl/α,β-unsaturated/α-hetero) is 1. The Balaban J connectivity index is 0.670. The Morgan fingerprint density at radius 1 is 0.802 bits per heavy atom. The number of carboxylic acid groups (broad SMARTS) is 2. The van der Waals surface area contributed by atoms with E-state index in [1.54, 1.807) is 37.5 Å². The van der Waals surface area contributed by atoms with Crippen molar-refractivity contribution in [3.05, 3.63) is 137 Å². The second-order valence-electron chi connectivity index (χ2n) is 29.8. The summed E-state index contributed by atoms with van der Waals surface area (Å²) in [4.78, 5) is 115. The van der Waals surface area contributed by atoms with E-state index < -0.39 is 106 Å². The van der Waals surface area contributed by atoms with E-state index in [1.807, 2.05) is 66.2 Å². The molecular weight excluding hydrogens is 1410 g/mol. The molecule has 4 saturated carbocycles. The minimum Gasteiger partial charge on any atom is -0.479 e. The number of carbonyl (C=O) groups is 8. The SMILES string of the molecule is Cc1c(-c2ccc(-c3ccc4cccc(C(=O)Nc5nc6ccccc6s5)c4c3)nc2C(=O)O)cnn1CC12CC3(C)CC(C)(C1)CC(OCCN(C)C(=O)OCc1ccc(O[C@@H]4O[C@H](C(=O)O)[C@@H](O)[C@H](O)[C@H]4O)cc1CCCCNC(=O)C(CC(=O)CCCCCN1C(=O)C=CC1=O)CS(=O)(=O)O)(C3)C2. The number of ketones is 1. The van der Waals surface area contributed by atoms with Gasteiger partial charge in [0.1, 0.15) is 36.5 Å². The molecule has 8 N–H and O–H groups in total. The third kappa shape index (κ3) is 17.3. The highest BCUT2D eigenvalue weighted by molar-refractivity contribution is 7.85. The Hall–Kier alpha value is -9.40. The van der Waals surface area contributed by atoms with Gasteiger partial charge in [0.05, 0.1) is 46.0 Å². The van der Waals surface area contributed by atoms with Crippen molar-refractivity contribution >= 4 is 95.0 Å². The first-order valence-corrected chi connectivity index (χ1v) is 37.8. The fraction of sp³-hybridized carbons (Fsp3) is 0.461. The maximum absolute atomic E-state index is 13.9. The highest BCUT2D eigenvalue weighted by Gasteiger charge is 2.66. The molecule has 5 fully saturated rings. The van der Waals surface area contributed by atoms with Gasteiger partial charge in [-0.25, -0.2) is 24.4 Å². The first-order chi connectivity index (χ1) is 50.4. The molecule has 6 aliphatic rings. The number of ether oxygens (including phenoxy) is 4. The Kier molecular flexibility index (Phi) is 22.4. The molecule has 3 unspecified atom stereocenters. The third-order valence-electron chi connectivity index (χ3n) is 21.0. The van der Waals surface area contributed by atoms with E-state index in [4.69, 9.17) is 29.0 Å². The number of nitrogens with one attached hydrogen (secondary N) is 2. The highest BCUT2D eigenvalue weighted by Crippen LogP contribution is 2.72. The molecule has 4 bridgehead atoms. The van der Waals surface area contributed by atoms with Crippen molar-refractivity contribution in [1.82, 2.24) is 34.9 Å². The van der Waals surface area contributed by atoms with Crippen molar-refractivity contribution in [2.75, 3.05) is 44.4 Å². The summed E-state index contributed by atoms with van der Waals surface area (Å²) in [6.07, 6.45) is 0.839. The molecule has 1 saturated heterocycles. The van der Waals surface area contributed by atoms with Crippen molar-refractivity contribution in [2.45, 2.75) is 160 Å². The van der Waals surface area contributed by atoms with Crippen molar-refractivity contribution in [1.29, 1.82) is 0 Å². The van der Waals surface area contributed by atoms with E-state index in [-0.39, 0.29) is 79.3 Å². The van der Waals surface area contributed by atoms with Crippen LogP contribution in [-0.4, -0.2) is 191 Å². The smallest absolute Gasteiger partial charge is 0.409 e. The van der Waals surface area contributed by atoms with Gasteiger partial charge in [-0.2, -0.15) is 13.5 Å². The van der Waals surface area contributed by atoms with Crippen molar-refractivity contribution in [2.24, 2.45) is 22.2 Å². The van der Waals surface area contributed by atoms with Crippen LogP contribution in [0.25, 0.3) is 43.4 Å². The molecule has 562 valence electrons. The minimum absolute atomic E-state index is 0.00831. The monoisotopic (exact) mass is 1490 g/mol. The van der Waals surface area contributed by atoms with Gasteiger partial charge in [0.15, 0.2) is 16.9 Å². The van der Waals surface area contributed by atoms with Gasteiger partial charge in [-0.05, 0) is 164 Å². The summed E-state index contributed by atoms with van der Waals surface area (Å²) in [6.45, 7) is 7.44. The lowest BCUT2D eigenvalue weighted by Crippen LogP contribution is -2.64. The molecule has 28 nitrogen and oxygen atoms in total. The number of hydrogen-bond donors (Lipinski definition) is 8. The molecule has 106 heavy (non-hydrogen) atoms. The van der Waals surface area contributed by atoms with Crippen LogP contribution >= 0.6 is 11.3 Å². The minimum atomic E-state index is -4.69. The second-order valence-corrected chi connectivity index (χ2v) is 32.3. The van der Waals surface area contributed by atoms with Gasteiger partial charge >= 0.3 is 18.0 Å². The number of aryl methyl sites for hydroxylation is 1. The highest BCUT2D eigenvalue weighted by atomic mass is 32.2. The number of carboxylic acids is 2. The van der Waals surface area contributed by atoms with Gasteiger partial charge in [0.2, 0.25) is 12.2 Å². The zero-order chi connectivity index (χ0) is 75.6. The van der Waals surface area contributed by atoms with E-state index in [0.29, 0.717) is 88.2 Å². The molecule has 4 aromatic carbocycles. The van der Waals surface area contributed by atoms with Gasteiger partial charge in [-0.1, -0.05) is 74.1 Å². The van der Waals surface area contributed by atoms with Crippen LogP contribution in [-0.2, 0) is 67.9 Å². The molecule has 30 heteroatoms. The van der Waals surface area contributed by atoms with Gasteiger partial charge < -0.3 is 54.7 Å². The lowest BCUT2D eigenvalue weighted by atomic mass is 9.39. The number of unbranched alkanes of at least 4 members (excludes halogenated alkanes) is 3. The van der Waals surface area contributed by atoms with Crippen molar-refractivity contribution in [3.8, 4) is 28.1 Å². The summed E-state index contributed by atoms with van der Waals surface area (Å²) in [7, 11) is -3.09. The number of aromatic nitrogens is 4. The standard InChI is InChI=1S/C76H86N8O20S2/c1-44-55(52-23-24-56(79-61(52)68(93)94)47-20-19-45-14-12-16-53(54(45)33-47)67(92)81-71-80-57-17-7-8-18-58(57)105-71)34-78-84(44)43-75-38-73(2)37-74(3,39-75)41-76(40-73,42-75)102-30-29-82(4)72(97)101-35-48-21-22-51(103-70-64(90)62(88)63(89)65(104-70)69(95)96)32-46(48)13-9-10-27-77-66(91)49(36-106(98,99)100)31-50(85)15-6-5-11-28-83-59(86)25-26-60(83)87/h7-8,12,14,16-26,32-34,49,62-65,70,88-90H,5-6,9-11,13,15,27-31,35-43H2,1-4H3,(H,77,91)(H,93,94)(H,95,96)(H,80,81,92)(H,98,99,100)/t49?,62-,63-,64+,65-,70+,73?,74?,75?,76?/m0/s1.